The molecule has 2 aliphatic heterocycles. The highest BCUT2D eigenvalue weighted by Crippen LogP contribution is 2.34. The van der Waals surface area contributed by atoms with Crippen LogP contribution in [0.25, 0.3) is 10.9 Å². The van der Waals surface area contributed by atoms with Gasteiger partial charge in [-0.05, 0) is 74.2 Å². The number of aromatic nitrogens is 1. The SMILES string of the molecule is CC/N=C1\CCCOc2cc(OC)c(CCN3CCC(n4ccc5ccc(C(N)=O)cc54)CC3)cc21. The molecule has 190 valence electrons. The second-order valence-corrected chi connectivity index (χ2v) is 9.72. The smallest absolute Gasteiger partial charge is 0.248 e. The Morgan fingerprint density at radius 2 is 2.03 bits per heavy atom. The van der Waals surface area contributed by atoms with E-state index in [4.69, 9.17) is 20.2 Å². The summed E-state index contributed by atoms with van der Waals surface area (Å²) in [5.41, 5.74) is 10.6. The average molecular weight is 489 g/mol. The van der Waals surface area contributed by atoms with E-state index in [0.29, 0.717) is 18.2 Å². The highest BCUT2D eigenvalue weighted by Gasteiger charge is 2.23. The zero-order valence-corrected chi connectivity index (χ0v) is 21.3. The first-order valence-electron chi connectivity index (χ1n) is 13.1. The number of methoxy groups -OCH3 is 1. The zero-order chi connectivity index (χ0) is 25.1. The van der Waals surface area contributed by atoms with E-state index >= 15 is 0 Å². The Bertz CT molecular complexity index is 1270. The summed E-state index contributed by atoms with van der Waals surface area (Å²) in [6.07, 6.45) is 7.17. The van der Waals surface area contributed by atoms with E-state index in [1.165, 1.54) is 5.56 Å². The maximum atomic E-state index is 11.7. The van der Waals surface area contributed by atoms with Crippen LogP contribution in [0.1, 0.15) is 60.1 Å². The lowest BCUT2D eigenvalue weighted by Gasteiger charge is -2.33. The molecule has 0 spiro atoms. The number of benzene rings is 2. The van der Waals surface area contributed by atoms with E-state index in [0.717, 1.165) is 92.0 Å². The number of carbonyl (C=O) groups is 1. The summed E-state index contributed by atoms with van der Waals surface area (Å²) < 4.78 is 14.1. The number of ether oxygens (including phenoxy) is 2. The van der Waals surface area contributed by atoms with E-state index in [1.807, 2.05) is 18.2 Å². The minimum Gasteiger partial charge on any atom is -0.496 e. The summed E-state index contributed by atoms with van der Waals surface area (Å²) in [4.78, 5) is 19.0. The van der Waals surface area contributed by atoms with Gasteiger partial charge in [-0.2, -0.15) is 0 Å². The summed E-state index contributed by atoms with van der Waals surface area (Å²) >= 11 is 0. The van der Waals surface area contributed by atoms with Gasteiger partial charge in [0.25, 0.3) is 0 Å². The minimum absolute atomic E-state index is 0.382. The van der Waals surface area contributed by atoms with E-state index < -0.39 is 0 Å². The van der Waals surface area contributed by atoms with E-state index in [1.54, 1.807) is 13.2 Å². The number of aliphatic imine (C=N–C) groups is 1. The maximum Gasteiger partial charge on any atom is 0.248 e. The van der Waals surface area contributed by atoms with Gasteiger partial charge in [0.15, 0.2) is 0 Å². The molecule has 1 amide bonds. The van der Waals surface area contributed by atoms with Crippen molar-refractivity contribution in [1.29, 1.82) is 0 Å². The number of hydrogen-bond donors (Lipinski definition) is 1. The van der Waals surface area contributed by atoms with Crippen LogP contribution in [0.5, 0.6) is 11.5 Å². The Hall–Kier alpha value is -3.32. The molecule has 5 rings (SSSR count). The Morgan fingerprint density at radius 1 is 1.19 bits per heavy atom. The number of rotatable bonds is 7. The van der Waals surface area contributed by atoms with E-state index in [2.05, 4.69) is 34.7 Å². The molecule has 2 aliphatic rings. The monoisotopic (exact) mass is 488 g/mol. The van der Waals surface area contributed by atoms with Gasteiger partial charge in [0.2, 0.25) is 5.91 Å². The number of carbonyl (C=O) groups excluding carboxylic acids is 1. The fraction of sp³-hybridized carbons (Fsp3) is 0.448. The number of hydrogen-bond acceptors (Lipinski definition) is 5. The molecule has 3 aromatic rings. The number of primary amides is 1. The number of amides is 1. The van der Waals surface area contributed by atoms with Gasteiger partial charge >= 0.3 is 0 Å². The van der Waals surface area contributed by atoms with Gasteiger partial charge in [0.1, 0.15) is 11.5 Å². The topological polar surface area (TPSA) is 82.1 Å². The van der Waals surface area contributed by atoms with Crippen LogP contribution in [-0.2, 0) is 6.42 Å². The first-order valence-corrected chi connectivity index (χ1v) is 13.1. The van der Waals surface area contributed by atoms with Crippen LogP contribution >= 0.6 is 0 Å². The minimum atomic E-state index is -0.382. The van der Waals surface area contributed by atoms with Gasteiger partial charge in [-0.3, -0.25) is 9.79 Å². The first kappa shape index (κ1) is 24.4. The predicted octanol–water partition coefficient (Wildman–Crippen LogP) is 4.61. The van der Waals surface area contributed by atoms with E-state index in [9.17, 15) is 4.79 Å². The van der Waals surface area contributed by atoms with Crippen molar-refractivity contribution >= 4 is 22.5 Å². The molecule has 0 unspecified atom stereocenters. The highest BCUT2D eigenvalue weighted by atomic mass is 16.5. The number of nitrogens with two attached hydrogens (primary N) is 1. The fourth-order valence-corrected chi connectivity index (χ4v) is 5.57. The van der Waals surface area contributed by atoms with Crippen LogP contribution in [0.3, 0.4) is 0 Å². The lowest BCUT2D eigenvalue weighted by atomic mass is 9.99. The van der Waals surface area contributed by atoms with Crippen LogP contribution in [0, 0.1) is 0 Å². The Morgan fingerprint density at radius 3 is 2.78 bits per heavy atom. The average Bonchev–Trinajstić information content (AvgIpc) is 3.23. The number of nitrogens with zero attached hydrogens (tertiary/aromatic N) is 3. The molecule has 0 atom stereocenters. The third kappa shape index (κ3) is 4.98. The van der Waals surface area contributed by atoms with Crippen molar-refractivity contribution in [3.05, 3.63) is 59.3 Å². The van der Waals surface area contributed by atoms with Gasteiger partial charge in [0, 0.05) is 66.8 Å². The summed E-state index contributed by atoms with van der Waals surface area (Å²) in [7, 11) is 1.74. The van der Waals surface area contributed by atoms with Crippen LogP contribution in [0.15, 0.2) is 47.6 Å². The molecule has 1 aromatic heterocycles. The molecule has 7 nitrogen and oxygen atoms in total. The zero-order valence-electron chi connectivity index (χ0n) is 21.3. The molecular formula is C29H36N4O3. The second-order valence-electron chi connectivity index (χ2n) is 9.72. The molecule has 0 bridgehead atoms. The second kappa shape index (κ2) is 10.7. The predicted molar refractivity (Wildman–Crippen MR) is 144 cm³/mol. The van der Waals surface area contributed by atoms with Crippen molar-refractivity contribution in [1.82, 2.24) is 9.47 Å². The number of likely N-dealkylation sites (tertiary alicyclic amines) is 1. The Kier molecular flexibility index (Phi) is 7.28. The normalized spacial score (nSPS) is 18.1. The van der Waals surface area contributed by atoms with Crippen LogP contribution in [0.4, 0.5) is 0 Å². The lowest BCUT2D eigenvalue weighted by Crippen LogP contribution is -2.35. The van der Waals surface area contributed by atoms with Gasteiger partial charge in [-0.25, -0.2) is 0 Å². The summed E-state index contributed by atoms with van der Waals surface area (Å²) in [5, 5.41) is 1.15. The van der Waals surface area contributed by atoms with Gasteiger partial charge < -0.3 is 24.7 Å². The summed E-state index contributed by atoms with van der Waals surface area (Å²) in [6, 6.07) is 12.5. The molecule has 0 radical (unpaired) electrons. The van der Waals surface area contributed by atoms with Crippen molar-refractivity contribution in [2.75, 3.05) is 39.9 Å². The van der Waals surface area contributed by atoms with Gasteiger partial charge in [-0.1, -0.05) is 6.07 Å². The van der Waals surface area contributed by atoms with Crippen LogP contribution in [0.2, 0.25) is 0 Å². The number of fused-ring (bicyclic) bond motifs is 2. The third-order valence-electron chi connectivity index (χ3n) is 7.51. The largest absolute Gasteiger partial charge is 0.496 e. The number of piperidine rings is 1. The van der Waals surface area contributed by atoms with Crippen LogP contribution in [-0.4, -0.2) is 61.0 Å². The van der Waals surface area contributed by atoms with Crippen molar-refractivity contribution < 1.29 is 14.3 Å². The van der Waals surface area contributed by atoms with Gasteiger partial charge in [-0.15, -0.1) is 0 Å². The van der Waals surface area contributed by atoms with Crippen molar-refractivity contribution in [2.24, 2.45) is 10.7 Å². The fourth-order valence-electron chi connectivity index (χ4n) is 5.57. The standard InChI is InChI=1S/C29H36N4O3/c1-3-31-25-5-4-16-36-28-19-27(35-2)21(17-24(25)28)8-12-32-13-10-23(11-14-32)33-15-9-20-6-7-22(29(30)34)18-26(20)33/h6-7,9,15,17-19,23H,3-5,8,10-14,16H2,1-2H3,(H2,30,34)/b31-25+. The van der Waals surface area contributed by atoms with E-state index in [-0.39, 0.29) is 5.91 Å². The molecule has 3 heterocycles. The molecule has 0 aliphatic carbocycles. The molecule has 2 aromatic carbocycles. The Balaban J connectivity index is 1.26. The summed E-state index contributed by atoms with van der Waals surface area (Å²) in [6.45, 7) is 6.65. The van der Waals surface area contributed by atoms with Crippen LogP contribution < -0.4 is 15.2 Å². The quantitative estimate of drug-likeness (QED) is 0.527. The lowest BCUT2D eigenvalue weighted by molar-refractivity contribution is 0.100. The van der Waals surface area contributed by atoms with Crippen molar-refractivity contribution in [2.45, 2.75) is 45.1 Å². The molecule has 2 N–H and O–H groups in total. The first-order chi connectivity index (χ1) is 17.6. The molecule has 1 saturated heterocycles. The van der Waals surface area contributed by atoms with Crippen molar-refractivity contribution in [3.63, 3.8) is 0 Å². The molecule has 0 saturated carbocycles. The molecule has 7 heteroatoms. The molecular weight excluding hydrogens is 452 g/mol. The van der Waals surface area contributed by atoms with Crippen molar-refractivity contribution in [3.8, 4) is 11.5 Å². The molecule has 36 heavy (non-hydrogen) atoms. The Labute approximate surface area is 212 Å². The molecule has 1 fully saturated rings. The third-order valence-corrected chi connectivity index (χ3v) is 7.51. The van der Waals surface area contributed by atoms with Gasteiger partial charge in [0.05, 0.1) is 13.7 Å². The highest BCUT2D eigenvalue weighted by molar-refractivity contribution is 6.03. The summed E-state index contributed by atoms with van der Waals surface area (Å²) in [5.74, 6) is 1.40. The maximum absolute atomic E-state index is 11.7.